The van der Waals surface area contributed by atoms with Crippen molar-refractivity contribution in [1.82, 2.24) is 57.8 Å². The fourth-order valence-electron chi connectivity index (χ4n) is 7.06. The number of benzene rings is 1. The Bertz CT molecular complexity index is 2360. The van der Waals surface area contributed by atoms with E-state index in [0.29, 0.717) is 17.7 Å². The number of nitrogens with one attached hydrogen (secondary N) is 10. The predicted molar refractivity (Wildman–Crippen MR) is 268 cm³/mol. The Kier molecular flexibility index (Phi) is 28.6. The van der Waals surface area contributed by atoms with E-state index in [1.54, 1.807) is 30.3 Å². The van der Waals surface area contributed by atoms with Crippen LogP contribution in [0.4, 0.5) is 0 Å². The summed E-state index contributed by atoms with van der Waals surface area (Å²) in [6.45, 7) is -0.731. The summed E-state index contributed by atoms with van der Waals surface area (Å²) in [5.74, 6) is -14.4. The van der Waals surface area contributed by atoms with Gasteiger partial charge in [0.15, 0.2) is 0 Å². The van der Waals surface area contributed by atoms with Crippen LogP contribution in [0.5, 0.6) is 0 Å². The minimum absolute atomic E-state index is 0.0441. The first kappa shape index (κ1) is 65.9. The second-order valence-electron chi connectivity index (χ2n) is 17.7. The first-order chi connectivity index (χ1) is 36.8. The number of imidazole rings is 1. The zero-order chi connectivity index (χ0) is 58.6. The lowest BCUT2D eigenvalue weighted by Crippen LogP contribution is -2.63. The number of carbonyl (C=O) groups excluding carboxylic acids is 10. The summed E-state index contributed by atoms with van der Waals surface area (Å²) < 4.78 is 0. The lowest BCUT2D eigenvalue weighted by molar-refractivity contribution is -0.144. The summed E-state index contributed by atoms with van der Waals surface area (Å²) in [4.78, 5) is 162. The number of aliphatic carboxylic acids is 2. The van der Waals surface area contributed by atoms with Crippen molar-refractivity contribution < 1.29 is 88.2 Å². The summed E-state index contributed by atoms with van der Waals surface area (Å²) in [7, 11) is 0. The SMILES string of the molecule is C[C@@H](O)[C@H](NC(=O)CNC(=O)[C@H](CCC(N)=O)NC(=O)[C@H](CO)NC(=O)[C@@H](N)Cc1c[nH]cn1)C(=O)N[C@H](Cc1ccccc1)C(=O)N[C@H](C(=O)N[C@@H](CO)C(=O)N[C@@H](CC(=O)O)C(=O)N[C@@H](CCCCN)C(=O)O)[C@@H](C)O. The minimum Gasteiger partial charge on any atom is -0.481 e. The number of aliphatic hydroxyl groups is 4. The maximum atomic E-state index is 14.0. The fourth-order valence-corrected chi connectivity index (χ4v) is 7.06. The molecule has 32 nitrogen and oxygen atoms in total. The average molecular weight is 1110 g/mol. The summed E-state index contributed by atoms with van der Waals surface area (Å²) in [5.41, 5.74) is 17.4. The number of aromatic nitrogens is 2. The quantitative estimate of drug-likeness (QED) is 0.0282. The lowest BCUT2D eigenvalue weighted by Gasteiger charge is -2.28. The molecule has 0 saturated carbocycles. The molecule has 1 aromatic carbocycles. The molecule has 2 rings (SSSR count). The molecule has 10 amide bonds. The molecule has 0 spiro atoms. The van der Waals surface area contributed by atoms with Crippen molar-refractivity contribution in [2.45, 2.75) is 132 Å². The number of rotatable bonds is 36. The van der Waals surface area contributed by atoms with Crippen molar-refractivity contribution in [3.05, 3.63) is 54.1 Å². The Labute approximate surface area is 445 Å². The highest BCUT2D eigenvalue weighted by Crippen LogP contribution is 2.09. The lowest BCUT2D eigenvalue weighted by atomic mass is 10.0. The van der Waals surface area contributed by atoms with E-state index in [4.69, 9.17) is 17.2 Å². The number of aliphatic hydroxyl groups excluding tert-OH is 4. The van der Waals surface area contributed by atoms with E-state index in [1.165, 1.54) is 12.5 Å². The summed E-state index contributed by atoms with van der Waals surface area (Å²) >= 11 is 0. The molecule has 0 aliphatic carbocycles. The van der Waals surface area contributed by atoms with Gasteiger partial charge in [0, 0.05) is 25.5 Å². The van der Waals surface area contributed by atoms with E-state index >= 15 is 0 Å². The van der Waals surface area contributed by atoms with Crippen molar-refractivity contribution in [2.24, 2.45) is 17.2 Å². The number of H-pyrrole nitrogens is 1. The van der Waals surface area contributed by atoms with Gasteiger partial charge in [-0.05, 0) is 51.6 Å². The summed E-state index contributed by atoms with van der Waals surface area (Å²) in [6, 6.07) is -7.45. The number of carboxylic acids is 2. The highest BCUT2D eigenvalue weighted by atomic mass is 16.4. The molecule has 32 heteroatoms. The Morgan fingerprint density at radius 3 is 1.63 bits per heavy atom. The molecule has 0 bridgehead atoms. The highest BCUT2D eigenvalue weighted by Gasteiger charge is 2.37. The third-order valence-corrected chi connectivity index (χ3v) is 11.3. The maximum Gasteiger partial charge on any atom is 0.326 e. The number of hydrogen-bond acceptors (Lipinski definition) is 19. The number of nitrogens with zero attached hydrogens (tertiary/aromatic N) is 1. The van der Waals surface area contributed by atoms with Crippen LogP contribution in [0.2, 0.25) is 0 Å². The van der Waals surface area contributed by atoms with Crippen LogP contribution in [0.3, 0.4) is 0 Å². The monoisotopic (exact) mass is 1110 g/mol. The molecule has 22 N–H and O–H groups in total. The Balaban J connectivity index is 2.24. The van der Waals surface area contributed by atoms with Crippen LogP contribution in [0.15, 0.2) is 42.9 Å². The van der Waals surface area contributed by atoms with E-state index in [1.807, 2.05) is 5.32 Å². The molecule has 11 atom stereocenters. The second-order valence-corrected chi connectivity index (χ2v) is 17.7. The van der Waals surface area contributed by atoms with Gasteiger partial charge in [-0.25, -0.2) is 9.78 Å². The van der Waals surface area contributed by atoms with Gasteiger partial charge in [0.25, 0.3) is 0 Å². The van der Waals surface area contributed by atoms with Gasteiger partial charge in [0.2, 0.25) is 59.1 Å². The molecule has 0 fully saturated rings. The Morgan fingerprint density at radius 1 is 0.603 bits per heavy atom. The van der Waals surface area contributed by atoms with Crippen LogP contribution in [-0.2, 0) is 70.4 Å². The molecule has 0 unspecified atom stereocenters. The molecule has 0 aliphatic heterocycles. The maximum absolute atomic E-state index is 14.0. The number of nitrogens with two attached hydrogens (primary N) is 3. The Hall–Kier alpha value is -8.17. The number of carbonyl (C=O) groups is 12. The topological polar surface area (TPSA) is 541 Å². The smallest absolute Gasteiger partial charge is 0.326 e. The predicted octanol–water partition coefficient (Wildman–Crippen LogP) is -8.78. The molecular formula is C46H70N14O18. The van der Waals surface area contributed by atoms with Crippen molar-refractivity contribution in [1.29, 1.82) is 0 Å². The van der Waals surface area contributed by atoms with Crippen LogP contribution in [0.25, 0.3) is 0 Å². The zero-order valence-electron chi connectivity index (χ0n) is 42.6. The normalized spacial score (nSPS) is 15.2. The third-order valence-electron chi connectivity index (χ3n) is 11.3. The van der Waals surface area contributed by atoms with Crippen molar-refractivity contribution in [3.63, 3.8) is 0 Å². The molecule has 432 valence electrons. The number of carboxylic acid groups (broad SMARTS) is 2. The minimum atomic E-state index is -1.97. The molecule has 0 radical (unpaired) electrons. The number of hydrogen-bond donors (Lipinski definition) is 19. The largest absolute Gasteiger partial charge is 0.481 e. The summed E-state index contributed by atoms with van der Waals surface area (Å²) in [6.07, 6.45) is -2.39. The Morgan fingerprint density at radius 2 is 1.12 bits per heavy atom. The van der Waals surface area contributed by atoms with Gasteiger partial charge in [-0.2, -0.15) is 0 Å². The van der Waals surface area contributed by atoms with Gasteiger partial charge < -0.3 is 101 Å². The van der Waals surface area contributed by atoms with Crippen LogP contribution in [-0.4, -0.2) is 205 Å². The first-order valence-corrected chi connectivity index (χ1v) is 24.3. The third kappa shape index (κ3) is 23.4. The number of unbranched alkanes of at least 4 members (excludes halogenated alkanes) is 1. The fraction of sp³-hybridized carbons (Fsp3) is 0.543. The zero-order valence-corrected chi connectivity index (χ0v) is 42.6. The van der Waals surface area contributed by atoms with Crippen molar-refractivity contribution in [3.8, 4) is 0 Å². The summed E-state index contributed by atoms with van der Waals surface area (Å²) in [5, 5.41) is 79.9. The second kappa shape index (κ2) is 33.8. The van der Waals surface area contributed by atoms with Gasteiger partial charge in [-0.1, -0.05) is 30.3 Å². The highest BCUT2D eigenvalue weighted by molar-refractivity contribution is 5.99. The van der Waals surface area contributed by atoms with Gasteiger partial charge in [0.05, 0.1) is 56.5 Å². The molecule has 1 aromatic heterocycles. The van der Waals surface area contributed by atoms with Crippen LogP contribution < -0.4 is 65.1 Å². The standard InChI is InChI=1S/C46H70N14O18/c1-22(63)36(59-34(66)18-51-39(70)27(11-12-33(49)65)53-42(73)31(19-61)57-38(69)26(48)15-25-17-50-21-52-25)44(75)56-29(14-24-8-4-3-5-9-24)41(72)60-37(23(2)64)45(76)58-32(20-62)43(74)55-30(16-35(67)68)40(71)54-28(46(77)78)10-6-7-13-47/h3-5,8-9,17,21-23,26-32,36-37,61-64H,6-7,10-16,18-20,47-48H2,1-2H3,(H2,49,65)(H,50,52)(H,51,70)(H,53,73)(H,54,71)(H,55,74)(H,56,75)(H,57,69)(H,58,76)(H,59,66)(H,60,72)(H,67,68)(H,77,78)/t22-,23-,26+,27+,28+,29-,30+,31+,32+,36+,37+/m1/s1. The molecule has 1 heterocycles. The number of amides is 10. The van der Waals surface area contributed by atoms with Gasteiger partial charge in [-0.3, -0.25) is 52.7 Å². The van der Waals surface area contributed by atoms with Crippen molar-refractivity contribution >= 4 is 71.0 Å². The van der Waals surface area contributed by atoms with Gasteiger partial charge in [0.1, 0.15) is 48.3 Å². The number of primary amides is 1. The van der Waals surface area contributed by atoms with Gasteiger partial charge in [-0.15, -0.1) is 0 Å². The molecule has 0 saturated heterocycles. The van der Waals surface area contributed by atoms with Crippen LogP contribution in [0, 0.1) is 0 Å². The number of aromatic amines is 1. The van der Waals surface area contributed by atoms with E-state index in [9.17, 15) is 88.2 Å². The first-order valence-electron chi connectivity index (χ1n) is 24.3. The van der Waals surface area contributed by atoms with Crippen LogP contribution >= 0.6 is 0 Å². The average Bonchev–Trinajstić information content (AvgIpc) is 3.90. The van der Waals surface area contributed by atoms with Crippen LogP contribution in [0.1, 0.15) is 63.6 Å². The van der Waals surface area contributed by atoms with E-state index in [0.717, 1.165) is 13.8 Å². The van der Waals surface area contributed by atoms with E-state index in [-0.39, 0.29) is 32.2 Å². The molecular weight excluding hydrogens is 1040 g/mol. The van der Waals surface area contributed by atoms with E-state index < -0.39 is 177 Å². The molecule has 78 heavy (non-hydrogen) atoms. The van der Waals surface area contributed by atoms with E-state index in [2.05, 4.69) is 52.5 Å². The molecule has 0 aliphatic rings. The van der Waals surface area contributed by atoms with Gasteiger partial charge >= 0.3 is 11.9 Å². The molecule has 2 aromatic rings. The van der Waals surface area contributed by atoms with Crippen molar-refractivity contribution in [2.75, 3.05) is 26.3 Å².